The molecule has 2 heteroatoms. The first kappa shape index (κ1) is 14.5. The minimum atomic E-state index is 0.134. The third-order valence-corrected chi connectivity index (χ3v) is 4.67. The lowest BCUT2D eigenvalue weighted by Gasteiger charge is -2.31. The highest BCUT2D eigenvalue weighted by Gasteiger charge is 2.30. The van der Waals surface area contributed by atoms with Gasteiger partial charge >= 0.3 is 0 Å². The van der Waals surface area contributed by atoms with E-state index in [4.69, 9.17) is 5.73 Å². The lowest BCUT2D eigenvalue weighted by atomic mass is 9.98. The number of rotatable bonds is 4. The molecular formula is C17H28N2. The van der Waals surface area contributed by atoms with Crippen LogP contribution in [0.2, 0.25) is 0 Å². The highest BCUT2D eigenvalue weighted by molar-refractivity contribution is 5.33. The van der Waals surface area contributed by atoms with Crippen LogP contribution in [0.25, 0.3) is 0 Å². The predicted molar refractivity (Wildman–Crippen MR) is 82.3 cm³/mol. The fraction of sp³-hybridized carbons (Fsp3) is 0.647. The molecule has 3 atom stereocenters. The Morgan fingerprint density at radius 2 is 2.05 bits per heavy atom. The number of aryl methyl sites for hydroxylation is 2. The van der Waals surface area contributed by atoms with Crippen molar-refractivity contribution in [2.24, 2.45) is 5.73 Å². The molecule has 1 aliphatic heterocycles. The van der Waals surface area contributed by atoms with E-state index in [-0.39, 0.29) is 6.04 Å². The molecule has 2 nitrogen and oxygen atoms in total. The topological polar surface area (TPSA) is 29.3 Å². The van der Waals surface area contributed by atoms with E-state index in [9.17, 15) is 0 Å². The summed E-state index contributed by atoms with van der Waals surface area (Å²) < 4.78 is 0. The summed E-state index contributed by atoms with van der Waals surface area (Å²) in [5.74, 6) is 0. The Morgan fingerprint density at radius 1 is 1.32 bits per heavy atom. The number of likely N-dealkylation sites (tertiary alicyclic amines) is 1. The molecule has 1 aliphatic rings. The van der Waals surface area contributed by atoms with Crippen molar-refractivity contribution in [2.45, 2.75) is 65.1 Å². The third kappa shape index (κ3) is 3.18. The van der Waals surface area contributed by atoms with Gasteiger partial charge in [0.15, 0.2) is 0 Å². The molecule has 1 heterocycles. The van der Waals surface area contributed by atoms with Gasteiger partial charge in [0, 0.05) is 24.7 Å². The molecule has 3 unspecified atom stereocenters. The first-order chi connectivity index (χ1) is 9.02. The molecule has 2 rings (SSSR count). The summed E-state index contributed by atoms with van der Waals surface area (Å²) in [7, 11) is 0. The molecule has 1 aromatic carbocycles. The van der Waals surface area contributed by atoms with Crippen LogP contribution in [0.4, 0.5) is 0 Å². The smallest absolute Gasteiger partial charge is 0.0427 e. The van der Waals surface area contributed by atoms with Gasteiger partial charge in [-0.3, -0.25) is 4.90 Å². The van der Waals surface area contributed by atoms with Gasteiger partial charge in [-0.2, -0.15) is 0 Å². The molecule has 0 aromatic heterocycles. The van der Waals surface area contributed by atoms with Crippen LogP contribution in [0.15, 0.2) is 18.2 Å². The maximum absolute atomic E-state index is 6.48. The lowest BCUT2D eigenvalue weighted by Crippen LogP contribution is -2.39. The molecule has 0 amide bonds. The zero-order chi connectivity index (χ0) is 14.0. The first-order valence-corrected chi connectivity index (χ1v) is 7.61. The summed E-state index contributed by atoms with van der Waals surface area (Å²) in [5, 5.41) is 0. The summed E-state index contributed by atoms with van der Waals surface area (Å²) in [5.41, 5.74) is 10.4. The maximum atomic E-state index is 6.48. The van der Waals surface area contributed by atoms with E-state index in [1.165, 1.54) is 36.0 Å². The zero-order valence-corrected chi connectivity index (χ0v) is 12.8. The minimum absolute atomic E-state index is 0.134. The Kier molecular flexibility index (Phi) is 4.64. The van der Waals surface area contributed by atoms with Crippen molar-refractivity contribution in [1.82, 2.24) is 4.90 Å². The Labute approximate surface area is 118 Å². The van der Waals surface area contributed by atoms with Crippen LogP contribution in [0, 0.1) is 13.8 Å². The number of nitrogens with two attached hydrogens (primary N) is 1. The van der Waals surface area contributed by atoms with Crippen molar-refractivity contribution < 1.29 is 0 Å². The fourth-order valence-electron chi connectivity index (χ4n) is 3.38. The largest absolute Gasteiger partial charge is 0.323 e. The zero-order valence-electron chi connectivity index (χ0n) is 12.8. The molecule has 0 radical (unpaired) electrons. The summed E-state index contributed by atoms with van der Waals surface area (Å²) in [6.45, 7) is 9.93. The molecule has 1 saturated heterocycles. The maximum Gasteiger partial charge on any atom is 0.0427 e. The van der Waals surface area contributed by atoms with Crippen molar-refractivity contribution in [2.75, 3.05) is 6.54 Å². The Hall–Kier alpha value is -0.860. The molecule has 19 heavy (non-hydrogen) atoms. The van der Waals surface area contributed by atoms with Crippen LogP contribution < -0.4 is 5.73 Å². The van der Waals surface area contributed by atoms with Crippen molar-refractivity contribution in [1.29, 1.82) is 0 Å². The molecular weight excluding hydrogens is 232 g/mol. The summed E-state index contributed by atoms with van der Waals surface area (Å²) in [6.07, 6.45) is 3.89. The standard InChI is InChI=1S/C17H28N2/c1-5-15-9-8-14(4)19(15)11-17(18)16-10-12(2)6-7-13(16)3/h6-7,10,14-15,17H,5,8-9,11,18H2,1-4H3. The van der Waals surface area contributed by atoms with Gasteiger partial charge in [-0.15, -0.1) is 0 Å². The molecule has 0 spiro atoms. The van der Waals surface area contributed by atoms with E-state index >= 15 is 0 Å². The number of nitrogens with zero attached hydrogens (tertiary/aromatic N) is 1. The highest BCUT2D eigenvalue weighted by Crippen LogP contribution is 2.28. The summed E-state index contributed by atoms with van der Waals surface area (Å²) in [4.78, 5) is 2.62. The van der Waals surface area contributed by atoms with Crippen molar-refractivity contribution in [3.63, 3.8) is 0 Å². The number of benzene rings is 1. The van der Waals surface area contributed by atoms with E-state index in [0.29, 0.717) is 6.04 Å². The lowest BCUT2D eigenvalue weighted by molar-refractivity contribution is 0.186. The summed E-state index contributed by atoms with van der Waals surface area (Å²) >= 11 is 0. The van der Waals surface area contributed by atoms with E-state index in [2.05, 4.69) is 50.8 Å². The van der Waals surface area contributed by atoms with Gasteiger partial charge in [0.2, 0.25) is 0 Å². The normalized spacial score (nSPS) is 25.7. The number of hydrogen-bond donors (Lipinski definition) is 1. The minimum Gasteiger partial charge on any atom is -0.323 e. The molecule has 106 valence electrons. The van der Waals surface area contributed by atoms with Crippen molar-refractivity contribution in [3.05, 3.63) is 34.9 Å². The quantitative estimate of drug-likeness (QED) is 0.897. The second kappa shape index (κ2) is 6.06. The Bertz CT molecular complexity index is 427. The molecule has 0 aliphatic carbocycles. The van der Waals surface area contributed by atoms with Crippen molar-refractivity contribution in [3.8, 4) is 0 Å². The van der Waals surface area contributed by atoms with E-state index < -0.39 is 0 Å². The van der Waals surface area contributed by atoms with Gasteiger partial charge in [0.05, 0.1) is 0 Å². The second-order valence-corrected chi connectivity index (χ2v) is 6.15. The number of hydrogen-bond acceptors (Lipinski definition) is 2. The van der Waals surface area contributed by atoms with Crippen LogP contribution in [-0.4, -0.2) is 23.5 Å². The highest BCUT2D eigenvalue weighted by atomic mass is 15.2. The molecule has 0 saturated carbocycles. The average Bonchev–Trinajstić information content (AvgIpc) is 2.73. The fourth-order valence-corrected chi connectivity index (χ4v) is 3.38. The van der Waals surface area contributed by atoms with Gasteiger partial charge < -0.3 is 5.73 Å². The summed E-state index contributed by atoms with van der Waals surface area (Å²) in [6, 6.07) is 8.15. The predicted octanol–water partition coefficient (Wildman–Crippen LogP) is 3.57. The van der Waals surface area contributed by atoms with E-state index in [1.807, 2.05) is 0 Å². The molecule has 0 bridgehead atoms. The molecule has 1 aromatic rings. The third-order valence-electron chi connectivity index (χ3n) is 4.67. The van der Waals surface area contributed by atoms with Crippen LogP contribution in [0.3, 0.4) is 0 Å². The van der Waals surface area contributed by atoms with E-state index in [0.717, 1.165) is 12.6 Å². The van der Waals surface area contributed by atoms with Gasteiger partial charge in [0.25, 0.3) is 0 Å². The van der Waals surface area contributed by atoms with Gasteiger partial charge in [-0.05, 0) is 51.2 Å². The van der Waals surface area contributed by atoms with Crippen LogP contribution in [-0.2, 0) is 0 Å². The van der Waals surface area contributed by atoms with Crippen molar-refractivity contribution >= 4 is 0 Å². The average molecular weight is 260 g/mol. The Morgan fingerprint density at radius 3 is 2.74 bits per heavy atom. The van der Waals surface area contributed by atoms with Gasteiger partial charge in [-0.25, -0.2) is 0 Å². The molecule has 1 fully saturated rings. The van der Waals surface area contributed by atoms with Crippen LogP contribution >= 0.6 is 0 Å². The van der Waals surface area contributed by atoms with Crippen LogP contribution in [0.1, 0.15) is 55.8 Å². The van der Waals surface area contributed by atoms with E-state index in [1.54, 1.807) is 0 Å². The van der Waals surface area contributed by atoms with Crippen LogP contribution in [0.5, 0.6) is 0 Å². The second-order valence-electron chi connectivity index (χ2n) is 6.15. The Balaban J connectivity index is 2.11. The monoisotopic (exact) mass is 260 g/mol. The first-order valence-electron chi connectivity index (χ1n) is 7.61. The SMILES string of the molecule is CCC1CCC(C)N1CC(N)c1cc(C)ccc1C. The van der Waals surface area contributed by atoms with Gasteiger partial charge in [0.1, 0.15) is 0 Å². The molecule has 2 N–H and O–H groups in total. The van der Waals surface area contributed by atoms with Gasteiger partial charge in [-0.1, -0.05) is 30.7 Å².